The summed E-state index contributed by atoms with van der Waals surface area (Å²) in [5.41, 5.74) is 6.25. The Balaban J connectivity index is 2.45. The first-order chi connectivity index (χ1) is 7.59. The molecule has 1 rings (SSSR count). The van der Waals surface area contributed by atoms with Crippen molar-refractivity contribution in [3.8, 4) is 0 Å². The lowest BCUT2D eigenvalue weighted by Crippen LogP contribution is -2.09. The third-order valence-corrected chi connectivity index (χ3v) is 2.94. The van der Waals surface area contributed by atoms with Gasteiger partial charge in [0.2, 0.25) is 0 Å². The van der Waals surface area contributed by atoms with E-state index >= 15 is 0 Å². The molecule has 0 saturated carbocycles. The molecular formula is C10H13N3O2S. The number of amidine groups is 1. The summed E-state index contributed by atoms with van der Waals surface area (Å²) in [6.07, 6.45) is 0.555. The molecule has 1 aromatic carbocycles. The van der Waals surface area contributed by atoms with Gasteiger partial charge in [0.05, 0.1) is 10.8 Å². The predicted molar refractivity (Wildman–Crippen MR) is 65.8 cm³/mol. The van der Waals surface area contributed by atoms with E-state index in [2.05, 4.69) is 0 Å². The summed E-state index contributed by atoms with van der Waals surface area (Å²) in [7, 11) is 0. The highest BCUT2D eigenvalue weighted by Crippen LogP contribution is 2.18. The Labute approximate surface area is 97.7 Å². The van der Waals surface area contributed by atoms with Gasteiger partial charge in [-0.3, -0.25) is 15.5 Å². The van der Waals surface area contributed by atoms with Gasteiger partial charge in [-0.2, -0.15) is 11.8 Å². The van der Waals surface area contributed by atoms with Gasteiger partial charge in [0.15, 0.2) is 0 Å². The molecule has 0 saturated heterocycles. The van der Waals surface area contributed by atoms with Crippen LogP contribution in [0.3, 0.4) is 0 Å². The zero-order chi connectivity index (χ0) is 12.0. The molecule has 0 amide bonds. The topological polar surface area (TPSA) is 93.0 Å². The average Bonchev–Trinajstić information content (AvgIpc) is 2.24. The number of hydrogen-bond acceptors (Lipinski definition) is 4. The van der Waals surface area contributed by atoms with Crippen molar-refractivity contribution in [2.75, 3.05) is 5.75 Å². The fourth-order valence-electron chi connectivity index (χ4n) is 1.13. The molecule has 0 spiro atoms. The zero-order valence-electron chi connectivity index (χ0n) is 8.68. The molecule has 1 aromatic rings. The Bertz CT molecular complexity index is 395. The standard InChI is InChI=1S/C10H13N3O2S/c11-10(12)4-5-16-7-8-2-1-3-9(6-8)13(14)15/h1-3,6H,4-5,7H2,(H3,11,12). The molecule has 0 aliphatic heterocycles. The molecule has 16 heavy (non-hydrogen) atoms. The first kappa shape index (κ1) is 12.5. The van der Waals surface area contributed by atoms with Crippen molar-refractivity contribution in [1.29, 1.82) is 5.41 Å². The Morgan fingerprint density at radius 2 is 2.31 bits per heavy atom. The number of nitro groups is 1. The van der Waals surface area contributed by atoms with Crippen LogP contribution < -0.4 is 5.73 Å². The van der Waals surface area contributed by atoms with E-state index in [4.69, 9.17) is 11.1 Å². The largest absolute Gasteiger partial charge is 0.388 e. The van der Waals surface area contributed by atoms with Crippen LogP contribution in [0.1, 0.15) is 12.0 Å². The molecule has 0 aliphatic rings. The zero-order valence-corrected chi connectivity index (χ0v) is 9.50. The first-order valence-corrected chi connectivity index (χ1v) is 5.89. The van der Waals surface area contributed by atoms with Crippen LogP contribution in [0.2, 0.25) is 0 Å². The van der Waals surface area contributed by atoms with Gasteiger partial charge in [-0.05, 0) is 5.56 Å². The molecule has 0 unspecified atom stereocenters. The van der Waals surface area contributed by atoms with Crippen molar-refractivity contribution in [2.45, 2.75) is 12.2 Å². The second-order valence-corrected chi connectivity index (χ2v) is 4.36. The second-order valence-electron chi connectivity index (χ2n) is 3.25. The number of non-ortho nitro benzene ring substituents is 1. The summed E-state index contributed by atoms with van der Waals surface area (Å²) in [4.78, 5) is 10.1. The summed E-state index contributed by atoms with van der Waals surface area (Å²) in [5, 5.41) is 17.6. The SMILES string of the molecule is N=C(N)CCSCc1cccc([N+](=O)[O-])c1. The van der Waals surface area contributed by atoms with Crippen LogP contribution in [0.5, 0.6) is 0 Å². The number of benzene rings is 1. The minimum atomic E-state index is -0.399. The van der Waals surface area contributed by atoms with Crippen LogP contribution in [-0.4, -0.2) is 16.5 Å². The van der Waals surface area contributed by atoms with E-state index in [9.17, 15) is 10.1 Å². The summed E-state index contributed by atoms with van der Waals surface area (Å²) >= 11 is 1.61. The molecule has 0 fully saturated rings. The van der Waals surface area contributed by atoms with Crippen molar-refractivity contribution in [2.24, 2.45) is 5.73 Å². The lowest BCUT2D eigenvalue weighted by molar-refractivity contribution is -0.384. The van der Waals surface area contributed by atoms with Crippen molar-refractivity contribution < 1.29 is 4.92 Å². The van der Waals surface area contributed by atoms with Crippen molar-refractivity contribution in [1.82, 2.24) is 0 Å². The van der Waals surface area contributed by atoms with E-state index in [1.165, 1.54) is 6.07 Å². The van der Waals surface area contributed by atoms with Gasteiger partial charge in [0, 0.05) is 30.1 Å². The van der Waals surface area contributed by atoms with Gasteiger partial charge in [0.25, 0.3) is 5.69 Å². The van der Waals surface area contributed by atoms with Gasteiger partial charge < -0.3 is 5.73 Å². The molecule has 6 heteroatoms. The summed E-state index contributed by atoms with van der Waals surface area (Å²) in [6.45, 7) is 0. The Morgan fingerprint density at radius 1 is 1.56 bits per heavy atom. The quantitative estimate of drug-likeness (QED) is 0.261. The number of rotatable bonds is 6. The van der Waals surface area contributed by atoms with Crippen molar-refractivity contribution in [3.05, 3.63) is 39.9 Å². The Morgan fingerprint density at radius 3 is 2.94 bits per heavy atom. The number of nitro benzene ring substituents is 1. The van der Waals surface area contributed by atoms with E-state index in [1.807, 2.05) is 6.07 Å². The van der Waals surface area contributed by atoms with E-state index in [1.54, 1.807) is 23.9 Å². The highest BCUT2D eigenvalue weighted by atomic mass is 32.2. The van der Waals surface area contributed by atoms with Crippen LogP contribution in [0.15, 0.2) is 24.3 Å². The molecule has 0 atom stereocenters. The third-order valence-electron chi connectivity index (χ3n) is 1.91. The summed E-state index contributed by atoms with van der Waals surface area (Å²) in [6, 6.07) is 6.58. The van der Waals surface area contributed by atoms with Crippen LogP contribution in [0.25, 0.3) is 0 Å². The van der Waals surface area contributed by atoms with Gasteiger partial charge in [-0.15, -0.1) is 0 Å². The van der Waals surface area contributed by atoms with Crippen LogP contribution in [0.4, 0.5) is 5.69 Å². The molecule has 86 valence electrons. The van der Waals surface area contributed by atoms with Gasteiger partial charge in [-0.1, -0.05) is 12.1 Å². The maximum absolute atomic E-state index is 10.5. The molecular weight excluding hydrogens is 226 g/mol. The lowest BCUT2D eigenvalue weighted by atomic mass is 10.2. The summed E-state index contributed by atoms with van der Waals surface area (Å²) < 4.78 is 0. The molecule has 5 nitrogen and oxygen atoms in total. The Hall–Kier alpha value is -1.56. The van der Waals surface area contributed by atoms with E-state index in [0.717, 1.165) is 11.3 Å². The van der Waals surface area contributed by atoms with E-state index < -0.39 is 4.92 Å². The maximum atomic E-state index is 10.5. The molecule has 0 heterocycles. The fraction of sp³-hybridized carbons (Fsp3) is 0.300. The van der Waals surface area contributed by atoms with Gasteiger partial charge in [0.1, 0.15) is 0 Å². The Kier molecular flexibility index (Phi) is 4.78. The number of nitrogens with two attached hydrogens (primary N) is 1. The number of nitrogens with one attached hydrogen (secondary N) is 1. The van der Waals surface area contributed by atoms with Crippen LogP contribution in [-0.2, 0) is 5.75 Å². The van der Waals surface area contributed by atoms with E-state index in [0.29, 0.717) is 12.2 Å². The highest BCUT2D eigenvalue weighted by molar-refractivity contribution is 7.98. The van der Waals surface area contributed by atoms with Crippen LogP contribution in [0, 0.1) is 15.5 Å². The predicted octanol–water partition coefficient (Wildman–Crippen LogP) is 2.15. The molecule has 0 radical (unpaired) electrons. The fourth-order valence-corrected chi connectivity index (χ4v) is 2.06. The number of thioether (sulfide) groups is 1. The second kappa shape index (κ2) is 6.12. The summed E-state index contributed by atoms with van der Waals surface area (Å²) in [5.74, 6) is 1.64. The van der Waals surface area contributed by atoms with Crippen LogP contribution >= 0.6 is 11.8 Å². The molecule has 3 N–H and O–H groups in total. The van der Waals surface area contributed by atoms with E-state index in [-0.39, 0.29) is 11.5 Å². The monoisotopic (exact) mass is 239 g/mol. The average molecular weight is 239 g/mol. The third kappa shape index (κ3) is 4.31. The minimum absolute atomic E-state index is 0.115. The van der Waals surface area contributed by atoms with Gasteiger partial charge in [-0.25, -0.2) is 0 Å². The maximum Gasteiger partial charge on any atom is 0.269 e. The highest BCUT2D eigenvalue weighted by Gasteiger charge is 2.05. The van der Waals surface area contributed by atoms with Crippen molar-refractivity contribution >= 4 is 23.3 Å². The molecule has 0 bridgehead atoms. The molecule has 0 aliphatic carbocycles. The number of nitrogens with zero attached hydrogens (tertiary/aromatic N) is 1. The number of hydrogen-bond donors (Lipinski definition) is 2. The van der Waals surface area contributed by atoms with Crippen molar-refractivity contribution in [3.63, 3.8) is 0 Å². The lowest BCUT2D eigenvalue weighted by Gasteiger charge is -2.01. The van der Waals surface area contributed by atoms with Gasteiger partial charge >= 0.3 is 0 Å². The smallest absolute Gasteiger partial charge is 0.269 e. The molecule has 0 aromatic heterocycles. The normalized spacial score (nSPS) is 10.0. The minimum Gasteiger partial charge on any atom is -0.388 e. The first-order valence-electron chi connectivity index (χ1n) is 4.73.